The fraction of sp³-hybridized carbons (Fsp3) is 0.500. The summed E-state index contributed by atoms with van der Waals surface area (Å²) < 4.78 is 16.6. The minimum atomic E-state index is -0.000471. The second-order valence-electron chi connectivity index (χ2n) is 4.87. The molecule has 1 saturated heterocycles. The molecule has 2 aromatic rings. The maximum atomic E-state index is 5.98. The van der Waals surface area contributed by atoms with Gasteiger partial charge in [-0.1, -0.05) is 0 Å². The molecule has 2 atom stereocenters. The van der Waals surface area contributed by atoms with Gasteiger partial charge in [-0.05, 0) is 6.42 Å². The number of methoxy groups -OCH3 is 1. The number of ether oxygens (including phenoxy) is 3. The molecule has 0 radical (unpaired) electrons. The van der Waals surface area contributed by atoms with Crippen LogP contribution in [0.25, 0.3) is 0 Å². The van der Waals surface area contributed by atoms with E-state index in [1.807, 2.05) is 10.9 Å². The summed E-state index contributed by atoms with van der Waals surface area (Å²) in [5.74, 6) is 1.03. The summed E-state index contributed by atoms with van der Waals surface area (Å²) in [4.78, 5) is 12.7. The van der Waals surface area contributed by atoms with Crippen LogP contribution >= 0.6 is 11.3 Å². The third-order valence-electron chi connectivity index (χ3n) is 3.38. The monoisotopic (exact) mass is 322 g/mol. The molecule has 1 N–H and O–H groups in total. The van der Waals surface area contributed by atoms with Gasteiger partial charge in [-0.3, -0.25) is 0 Å². The first-order chi connectivity index (χ1) is 10.8. The van der Waals surface area contributed by atoms with E-state index in [2.05, 4.69) is 20.3 Å². The molecule has 0 bridgehead atoms. The summed E-state index contributed by atoms with van der Waals surface area (Å²) in [5.41, 5.74) is 2.76. The molecule has 0 spiro atoms. The quantitative estimate of drug-likeness (QED) is 0.867. The van der Waals surface area contributed by atoms with Crippen molar-refractivity contribution in [2.45, 2.75) is 25.2 Å². The van der Waals surface area contributed by atoms with Gasteiger partial charge >= 0.3 is 0 Å². The van der Waals surface area contributed by atoms with Crippen LogP contribution in [0, 0.1) is 0 Å². The van der Waals surface area contributed by atoms with E-state index in [9.17, 15) is 0 Å². The Morgan fingerprint density at radius 3 is 3.23 bits per heavy atom. The Morgan fingerprint density at radius 2 is 2.41 bits per heavy atom. The average molecular weight is 322 g/mol. The number of hydrogen-bond acceptors (Lipinski definition) is 8. The standard InChI is InChI=1S/C14H18N4O3S/c1-19-13-2-4-15-14(18-13)17-11-7-20-5-3-12(11)21-6-10-8-22-9-16-10/h2,4,8-9,11-12H,3,5-7H2,1H3,(H,15,17,18)/t11-,12+/m1/s1. The van der Waals surface area contributed by atoms with Crippen molar-refractivity contribution in [3.8, 4) is 5.88 Å². The fourth-order valence-electron chi connectivity index (χ4n) is 2.24. The first-order valence-electron chi connectivity index (χ1n) is 7.05. The third kappa shape index (κ3) is 3.90. The molecule has 1 aliphatic heterocycles. The zero-order valence-electron chi connectivity index (χ0n) is 12.3. The van der Waals surface area contributed by atoms with Crippen molar-refractivity contribution in [3.05, 3.63) is 28.8 Å². The van der Waals surface area contributed by atoms with Gasteiger partial charge in [0.15, 0.2) is 0 Å². The summed E-state index contributed by atoms with van der Waals surface area (Å²) in [6.07, 6.45) is 2.51. The number of aromatic nitrogens is 3. The maximum Gasteiger partial charge on any atom is 0.226 e. The summed E-state index contributed by atoms with van der Waals surface area (Å²) in [5, 5.41) is 5.26. The number of nitrogens with one attached hydrogen (secondary N) is 1. The minimum absolute atomic E-state index is 0.000471. The second-order valence-corrected chi connectivity index (χ2v) is 5.58. The van der Waals surface area contributed by atoms with E-state index < -0.39 is 0 Å². The number of thiazole rings is 1. The molecule has 0 amide bonds. The molecule has 2 aromatic heterocycles. The highest BCUT2D eigenvalue weighted by atomic mass is 32.1. The summed E-state index contributed by atoms with van der Waals surface area (Å²) in [6, 6.07) is 1.71. The van der Waals surface area contributed by atoms with E-state index in [0.29, 0.717) is 31.6 Å². The van der Waals surface area contributed by atoms with E-state index >= 15 is 0 Å². The molecule has 3 heterocycles. The highest BCUT2D eigenvalue weighted by Gasteiger charge is 2.27. The van der Waals surface area contributed by atoms with Crippen molar-refractivity contribution in [2.75, 3.05) is 25.6 Å². The lowest BCUT2D eigenvalue weighted by molar-refractivity contribution is -0.0487. The van der Waals surface area contributed by atoms with Crippen molar-refractivity contribution in [1.82, 2.24) is 15.0 Å². The number of hydrogen-bond donors (Lipinski definition) is 1. The van der Waals surface area contributed by atoms with Gasteiger partial charge in [-0.15, -0.1) is 11.3 Å². The Balaban J connectivity index is 1.61. The van der Waals surface area contributed by atoms with Gasteiger partial charge in [-0.2, -0.15) is 4.98 Å². The lowest BCUT2D eigenvalue weighted by Gasteiger charge is -2.31. The average Bonchev–Trinajstić information content (AvgIpc) is 3.08. The SMILES string of the molecule is COc1ccnc(N[C@@H]2COCC[C@@H]2OCc2cscn2)n1. The van der Waals surface area contributed by atoms with Gasteiger partial charge in [0.2, 0.25) is 11.8 Å². The lowest BCUT2D eigenvalue weighted by Crippen LogP contribution is -2.44. The normalized spacial score (nSPS) is 21.5. The largest absolute Gasteiger partial charge is 0.481 e. The lowest BCUT2D eigenvalue weighted by atomic mass is 10.1. The molecule has 0 aliphatic carbocycles. The number of anilines is 1. The molecule has 1 fully saturated rings. The van der Waals surface area contributed by atoms with Crippen molar-refractivity contribution >= 4 is 17.3 Å². The Morgan fingerprint density at radius 1 is 1.45 bits per heavy atom. The Labute approximate surface area is 132 Å². The molecular weight excluding hydrogens is 304 g/mol. The van der Waals surface area contributed by atoms with Gasteiger partial charge < -0.3 is 19.5 Å². The van der Waals surface area contributed by atoms with Crippen LogP contribution in [0.15, 0.2) is 23.2 Å². The summed E-state index contributed by atoms with van der Waals surface area (Å²) in [7, 11) is 1.58. The molecular formula is C14H18N4O3S. The van der Waals surface area contributed by atoms with Crippen LogP contribution in [0.3, 0.4) is 0 Å². The van der Waals surface area contributed by atoms with E-state index in [4.69, 9.17) is 14.2 Å². The maximum absolute atomic E-state index is 5.98. The Hall–Kier alpha value is -1.77. The predicted molar refractivity (Wildman–Crippen MR) is 82.1 cm³/mol. The van der Waals surface area contributed by atoms with Crippen LogP contribution in [0.4, 0.5) is 5.95 Å². The highest BCUT2D eigenvalue weighted by molar-refractivity contribution is 7.07. The number of nitrogens with zero attached hydrogens (tertiary/aromatic N) is 3. The predicted octanol–water partition coefficient (Wildman–Crippen LogP) is 1.73. The second kappa shape index (κ2) is 7.48. The first-order valence-corrected chi connectivity index (χ1v) is 7.99. The van der Waals surface area contributed by atoms with Crippen LogP contribution < -0.4 is 10.1 Å². The molecule has 0 saturated carbocycles. The van der Waals surface area contributed by atoms with Crippen LogP contribution in [0.1, 0.15) is 12.1 Å². The molecule has 3 rings (SSSR count). The fourth-order valence-corrected chi connectivity index (χ4v) is 2.79. The molecule has 0 unspecified atom stereocenters. The molecule has 118 valence electrons. The molecule has 7 nitrogen and oxygen atoms in total. The first kappa shape index (κ1) is 15.1. The van der Waals surface area contributed by atoms with Crippen LogP contribution in [-0.4, -0.2) is 47.4 Å². The topological polar surface area (TPSA) is 78.4 Å². The number of rotatable bonds is 6. The summed E-state index contributed by atoms with van der Waals surface area (Å²) >= 11 is 1.57. The van der Waals surface area contributed by atoms with Crippen molar-refractivity contribution in [3.63, 3.8) is 0 Å². The minimum Gasteiger partial charge on any atom is -0.481 e. The van der Waals surface area contributed by atoms with Gasteiger partial charge in [-0.25, -0.2) is 9.97 Å². The van der Waals surface area contributed by atoms with Gasteiger partial charge in [0.05, 0.1) is 43.7 Å². The van der Waals surface area contributed by atoms with Crippen molar-refractivity contribution in [2.24, 2.45) is 0 Å². The zero-order chi connectivity index (χ0) is 15.2. The molecule has 1 aliphatic rings. The van der Waals surface area contributed by atoms with E-state index in [1.165, 1.54) is 0 Å². The van der Waals surface area contributed by atoms with Crippen LogP contribution in [0.5, 0.6) is 5.88 Å². The third-order valence-corrected chi connectivity index (χ3v) is 4.01. The molecule has 22 heavy (non-hydrogen) atoms. The molecule has 8 heteroatoms. The highest BCUT2D eigenvalue weighted by Crippen LogP contribution is 2.18. The van der Waals surface area contributed by atoms with Crippen LogP contribution in [-0.2, 0) is 16.1 Å². The van der Waals surface area contributed by atoms with Crippen LogP contribution in [0.2, 0.25) is 0 Å². The Kier molecular flexibility index (Phi) is 5.15. The van der Waals surface area contributed by atoms with E-state index in [-0.39, 0.29) is 12.1 Å². The smallest absolute Gasteiger partial charge is 0.226 e. The van der Waals surface area contributed by atoms with Gasteiger partial charge in [0.1, 0.15) is 0 Å². The van der Waals surface area contributed by atoms with Gasteiger partial charge in [0, 0.05) is 24.3 Å². The summed E-state index contributed by atoms with van der Waals surface area (Å²) in [6.45, 7) is 1.76. The Bertz CT molecular complexity index is 581. The zero-order valence-corrected chi connectivity index (χ0v) is 13.1. The van der Waals surface area contributed by atoms with Crippen molar-refractivity contribution < 1.29 is 14.2 Å². The molecule has 0 aromatic carbocycles. The van der Waals surface area contributed by atoms with E-state index in [1.54, 1.807) is 30.7 Å². The van der Waals surface area contributed by atoms with E-state index in [0.717, 1.165) is 12.1 Å². The van der Waals surface area contributed by atoms with Gasteiger partial charge in [0.25, 0.3) is 0 Å². The van der Waals surface area contributed by atoms with Crippen molar-refractivity contribution in [1.29, 1.82) is 0 Å².